The van der Waals surface area contributed by atoms with Crippen LogP contribution in [0.25, 0.3) is 28.3 Å². The number of hydrogen-bond acceptors (Lipinski definition) is 3. The fourth-order valence-electron chi connectivity index (χ4n) is 6.87. The van der Waals surface area contributed by atoms with Crippen molar-refractivity contribution in [1.29, 1.82) is 0 Å². The van der Waals surface area contributed by atoms with Crippen LogP contribution in [-0.2, 0) is 6.54 Å². The molecule has 1 spiro atoms. The highest BCUT2D eigenvalue weighted by Gasteiger charge is 2.50. The lowest BCUT2D eigenvalue weighted by atomic mass is 9.75. The molecule has 2 saturated heterocycles. The van der Waals surface area contributed by atoms with Crippen LogP contribution in [0.15, 0.2) is 67.1 Å². The fraction of sp³-hybridized carbons (Fsp3) is 0.367. The van der Waals surface area contributed by atoms with Gasteiger partial charge in [-0.1, -0.05) is 18.6 Å². The first kappa shape index (κ1) is 20.8. The highest BCUT2D eigenvalue weighted by molar-refractivity contribution is 5.72. The van der Waals surface area contributed by atoms with Gasteiger partial charge in [0.05, 0.1) is 11.4 Å². The maximum Gasteiger partial charge on any atom is 0.161 e. The molecule has 4 aromatic rings. The number of nitrogens with zero attached hydrogens (tertiary/aromatic N) is 5. The van der Waals surface area contributed by atoms with Crippen LogP contribution in [0.3, 0.4) is 0 Å². The molecule has 6 heteroatoms. The third-order valence-corrected chi connectivity index (χ3v) is 9.08. The maximum absolute atomic E-state index is 13.5. The molecule has 0 amide bonds. The van der Waals surface area contributed by atoms with E-state index in [-0.39, 0.29) is 5.82 Å². The summed E-state index contributed by atoms with van der Waals surface area (Å²) in [6, 6.07) is 16.8. The molecule has 1 aliphatic carbocycles. The first-order chi connectivity index (χ1) is 17.6. The van der Waals surface area contributed by atoms with Crippen LogP contribution in [0, 0.1) is 11.2 Å². The second kappa shape index (κ2) is 7.56. The van der Waals surface area contributed by atoms with Gasteiger partial charge in [0.25, 0.3) is 0 Å². The van der Waals surface area contributed by atoms with Gasteiger partial charge in [-0.05, 0) is 66.8 Å². The minimum atomic E-state index is -0.210. The van der Waals surface area contributed by atoms with E-state index in [9.17, 15) is 4.39 Å². The summed E-state index contributed by atoms with van der Waals surface area (Å²) in [5.74, 6) is 0.735. The van der Waals surface area contributed by atoms with E-state index in [1.807, 2.05) is 18.3 Å². The minimum Gasteiger partial charge on any atom is -0.371 e. The SMILES string of the molecule is Fc1ccc(-c2cc3n(c2)Cc2cc(N4CCC5(C4)CN(C4CCC4)C5)ccc2-n2ccnc2-3)cc1. The van der Waals surface area contributed by atoms with Gasteiger partial charge in [-0.2, -0.15) is 0 Å². The maximum atomic E-state index is 13.5. The van der Waals surface area contributed by atoms with Crippen LogP contribution in [0.5, 0.6) is 0 Å². The molecule has 3 fully saturated rings. The topological polar surface area (TPSA) is 29.2 Å². The molecule has 0 bridgehead atoms. The van der Waals surface area contributed by atoms with Crippen molar-refractivity contribution >= 4 is 5.69 Å². The molecule has 0 atom stereocenters. The molecule has 0 radical (unpaired) electrons. The Balaban J connectivity index is 1.11. The van der Waals surface area contributed by atoms with Crippen LogP contribution in [-0.4, -0.2) is 51.2 Å². The van der Waals surface area contributed by atoms with Gasteiger partial charge in [0, 0.05) is 74.0 Å². The molecule has 5 nitrogen and oxygen atoms in total. The smallest absolute Gasteiger partial charge is 0.161 e. The number of aromatic nitrogens is 3. The average molecular weight is 480 g/mol. The predicted molar refractivity (Wildman–Crippen MR) is 140 cm³/mol. The Morgan fingerprint density at radius 3 is 2.61 bits per heavy atom. The molecule has 3 aliphatic heterocycles. The van der Waals surface area contributed by atoms with Gasteiger partial charge in [-0.15, -0.1) is 0 Å². The Hall–Kier alpha value is -3.38. The normalized spacial score (nSPS) is 20.4. The highest BCUT2D eigenvalue weighted by Crippen LogP contribution is 2.45. The molecule has 182 valence electrons. The van der Waals surface area contributed by atoms with Gasteiger partial charge in [0.15, 0.2) is 5.82 Å². The van der Waals surface area contributed by atoms with Gasteiger partial charge in [-0.25, -0.2) is 9.37 Å². The number of likely N-dealkylation sites (tertiary alicyclic amines) is 1. The third-order valence-electron chi connectivity index (χ3n) is 9.08. The number of fused-ring (bicyclic) bond motifs is 5. The lowest BCUT2D eigenvalue weighted by molar-refractivity contribution is -0.0406. The highest BCUT2D eigenvalue weighted by atomic mass is 19.1. The second-order valence-electron chi connectivity index (χ2n) is 11.3. The van der Waals surface area contributed by atoms with Gasteiger partial charge < -0.3 is 9.47 Å². The second-order valence-corrected chi connectivity index (χ2v) is 11.3. The van der Waals surface area contributed by atoms with Crippen molar-refractivity contribution in [3.63, 3.8) is 0 Å². The Morgan fingerprint density at radius 2 is 1.81 bits per heavy atom. The van der Waals surface area contributed by atoms with Crippen molar-refractivity contribution in [3.05, 3.63) is 78.5 Å². The average Bonchev–Trinajstić information content (AvgIpc) is 3.55. The largest absolute Gasteiger partial charge is 0.371 e. The van der Waals surface area contributed by atoms with E-state index in [1.165, 1.54) is 74.4 Å². The van der Waals surface area contributed by atoms with E-state index in [2.05, 4.69) is 55.6 Å². The molecule has 2 aromatic heterocycles. The van der Waals surface area contributed by atoms with Gasteiger partial charge in [0.2, 0.25) is 0 Å². The monoisotopic (exact) mass is 479 g/mol. The van der Waals surface area contributed by atoms with Crippen LogP contribution in [0.4, 0.5) is 10.1 Å². The molecule has 0 N–H and O–H groups in total. The molecule has 36 heavy (non-hydrogen) atoms. The van der Waals surface area contributed by atoms with Crippen molar-refractivity contribution in [2.24, 2.45) is 5.41 Å². The molecule has 4 aliphatic rings. The molecule has 1 saturated carbocycles. The minimum absolute atomic E-state index is 0.210. The predicted octanol–water partition coefficient (Wildman–Crippen LogP) is 5.57. The number of rotatable bonds is 3. The number of hydrogen-bond donors (Lipinski definition) is 0. The zero-order valence-corrected chi connectivity index (χ0v) is 20.4. The summed E-state index contributed by atoms with van der Waals surface area (Å²) >= 11 is 0. The molecule has 8 rings (SSSR count). The molecular formula is C30H30FN5. The number of benzene rings is 2. The van der Waals surface area contributed by atoms with Crippen molar-refractivity contribution in [2.45, 2.75) is 38.3 Å². The summed E-state index contributed by atoms with van der Waals surface area (Å²) in [5, 5.41) is 0. The Bertz CT molecular complexity index is 1450. The quantitative estimate of drug-likeness (QED) is 0.339. The lowest BCUT2D eigenvalue weighted by Gasteiger charge is -2.54. The standard InChI is InChI=1S/C30H30FN5/c31-24-6-4-21(5-7-24)22-15-28-29-32-11-13-36(29)27-9-8-26(14-23(27)17-34(28)16-22)33-12-10-30(18-33)19-35(20-30)25-2-1-3-25/h4-9,11,13-16,25H,1-3,10,12,17-20H2. The summed E-state index contributed by atoms with van der Waals surface area (Å²) in [6.07, 6.45) is 11.7. The Labute approximate surface area is 210 Å². The van der Waals surface area contributed by atoms with Crippen LogP contribution >= 0.6 is 0 Å². The van der Waals surface area contributed by atoms with Crippen LogP contribution in [0.1, 0.15) is 31.2 Å². The Morgan fingerprint density at radius 1 is 0.944 bits per heavy atom. The van der Waals surface area contributed by atoms with E-state index in [1.54, 1.807) is 0 Å². The van der Waals surface area contributed by atoms with E-state index in [4.69, 9.17) is 4.98 Å². The van der Waals surface area contributed by atoms with Crippen LogP contribution < -0.4 is 4.90 Å². The summed E-state index contributed by atoms with van der Waals surface area (Å²) < 4.78 is 18.0. The zero-order chi connectivity index (χ0) is 23.9. The summed E-state index contributed by atoms with van der Waals surface area (Å²) in [4.78, 5) is 10.1. The summed E-state index contributed by atoms with van der Waals surface area (Å²) in [7, 11) is 0. The summed E-state index contributed by atoms with van der Waals surface area (Å²) in [6.45, 7) is 5.69. The molecule has 0 unspecified atom stereocenters. The van der Waals surface area contributed by atoms with Gasteiger partial charge in [-0.3, -0.25) is 9.47 Å². The fourth-order valence-corrected chi connectivity index (χ4v) is 6.87. The van der Waals surface area contributed by atoms with Crippen molar-refractivity contribution < 1.29 is 4.39 Å². The van der Waals surface area contributed by atoms with E-state index < -0.39 is 0 Å². The zero-order valence-electron chi connectivity index (χ0n) is 20.4. The number of anilines is 1. The molecule has 5 heterocycles. The van der Waals surface area contributed by atoms with E-state index >= 15 is 0 Å². The Kier molecular flexibility index (Phi) is 4.36. The van der Waals surface area contributed by atoms with Crippen molar-refractivity contribution in [1.82, 2.24) is 19.0 Å². The van der Waals surface area contributed by atoms with Crippen LogP contribution in [0.2, 0.25) is 0 Å². The first-order valence-corrected chi connectivity index (χ1v) is 13.3. The van der Waals surface area contributed by atoms with E-state index in [0.29, 0.717) is 5.41 Å². The molecule has 2 aromatic carbocycles. The summed E-state index contributed by atoms with van der Waals surface area (Å²) in [5.41, 5.74) is 7.53. The molecular weight excluding hydrogens is 449 g/mol. The van der Waals surface area contributed by atoms with Crippen molar-refractivity contribution in [2.75, 3.05) is 31.1 Å². The van der Waals surface area contributed by atoms with Crippen molar-refractivity contribution in [3.8, 4) is 28.3 Å². The van der Waals surface area contributed by atoms with Gasteiger partial charge >= 0.3 is 0 Å². The number of imidazole rings is 1. The number of halogens is 1. The lowest BCUT2D eigenvalue weighted by Crippen LogP contribution is -2.62. The first-order valence-electron chi connectivity index (χ1n) is 13.3. The van der Waals surface area contributed by atoms with Gasteiger partial charge in [0.1, 0.15) is 5.82 Å². The third kappa shape index (κ3) is 3.13. The van der Waals surface area contributed by atoms with E-state index in [0.717, 1.165) is 41.8 Å².